The number of halogens is 1. The molecule has 1 aliphatic heterocycles. The molecule has 0 unspecified atom stereocenters. The van der Waals surface area contributed by atoms with Gasteiger partial charge in [0.15, 0.2) is 0 Å². The highest BCUT2D eigenvalue weighted by Crippen LogP contribution is 2.16. The summed E-state index contributed by atoms with van der Waals surface area (Å²) in [6, 6.07) is 6.57. The first-order chi connectivity index (χ1) is 8.79. The Morgan fingerprint density at radius 1 is 1.39 bits per heavy atom. The van der Waals surface area contributed by atoms with Crippen molar-refractivity contribution < 1.29 is 0 Å². The fourth-order valence-corrected chi connectivity index (χ4v) is 2.78. The molecule has 2 heterocycles. The van der Waals surface area contributed by atoms with Crippen LogP contribution < -0.4 is 5.32 Å². The maximum absolute atomic E-state index is 5.95. The van der Waals surface area contributed by atoms with Crippen LogP contribution in [0.5, 0.6) is 0 Å². The smallest absolute Gasteiger partial charge is 0.129 e. The predicted molar refractivity (Wildman–Crippen MR) is 75.8 cm³/mol. The molecule has 100 valence electrons. The highest BCUT2D eigenvalue weighted by molar-refractivity contribution is 6.29. The number of rotatable bonds is 5. The molecule has 1 aromatic rings. The molecule has 1 N–H and O–H groups in total. The SMILES string of the molecule is CCCN(Cc1cccc(Cl)n1)C1CCNCC1. The molecule has 3 nitrogen and oxygen atoms in total. The average molecular weight is 268 g/mol. The quantitative estimate of drug-likeness (QED) is 0.832. The van der Waals surface area contributed by atoms with Crippen molar-refractivity contribution in [1.82, 2.24) is 15.2 Å². The summed E-state index contributed by atoms with van der Waals surface area (Å²) in [4.78, 5) is 6.95. The topological polar surface area (TPSA) is 28.2 Å². The highest BCUT2D eigenvalue weighted by Gasteiger charge is 2.20. The molecule has 0 saturated carbocycles. The molecule has 0 bridgehead atoms. The van der Waals surface area contributed by atoms with Crippen LogP contribution in [0.1, 0.15) is 31.9 Å². The lowest BCUT2D eigenvalue weighted by molar-refractivity contribution is 0.152. The van der Waals surface area contributed by atoms with Crippen molar-refractivity contribution in [3.63, 3.8) is 0 Å². The second kappa shape index (κ2) is 7.07. The first-order valence-corrected chi connectivity index (χ1v) is 7.23. The lowest BCUT2D eigenvalue weighted by Crippen LogP contribution is -2.43. The van der Waals surface area contributed by atoms with Crippen molar-refractivity contribution in [2.75, 3.05) is 19.6 Å². The van der Waals surface area contributed by atoms with E-state index in [0.29, 0.717) is 11.2 Å². The van der Waals surface area contributed by atoms with Crippen molar-refractivity contribution in [3.05, 3.63) is 29.0 Å². The van der Waals surface area contributed by atoms with E-state index in [0.717, 1.165) is 31.9 Å². The van der Waals surface area contributed by atoms with E-state index >= 15 is 0 Å². The molecule has 1 aliphatic rings. The molecule has 4 heteroatoms. The number of aromatic nitrogens is 1. The van der Waals surface area contributed by atoms with Gasteiger partial charge >= 0.3 is 0 Å². The van der Waals surface area contributed by atoms with Crippen molar-refractivity contribution >= 4 is 11.6 Å². The van der Waals surface area contributed by atoms with Gasteiger partial charge in [-0.15, -0.1) is 0 Å². The molecule has 18 heavy (non-hydrogen) atoms. The maximum atomic E-state index is 5.95. The molecule has 0 spiro atoms. The molecule has 0 aromatic carbocycles. The molecular weight excluding hydrogens is 246 g/mol. The van der Waals surface area contributed by atoms with Gasteiger partial charge in [0.1, 0.15) is 5.15 Å². The third kappa shape index (κ3) is 3.94. The normalized spacial score (nSPS) is 17.3. The van der Waals surface area contributed by atoms with E-state index in [2.05, 4.69) is 28.2 Å². The average Bonchev–Trinajstić information content (AvgIpc) is 2.39. The summed E-state index contributed by atoms with van der Waals surface area (Å²) in [5, 5.41) is 4.01. The van der Waals surface area contributed by atoms with Gasteiger partial charge in [-0.2, -0.15) is 0 Å². The zero-order valence-electron chi connectivity index (χ0n) is 11.0. The van der Waals surface area contributed by atoms with Crippen LogP contribution in [0.15, 0.2) is 18.2 Å². The largest absolute Gasteiger partial charge is 0.317 e. The van der Waals surface area contributed by atoms with Crippen LogP contribution in [0.3, 0.4) is 0 Å². The summed E-state index contributed by atoms with van der Waals surface area (Å²) in [5.74, 6) is 0. The fourth-order valence-electron chi connectivity index (χ4n) is 2.60. The Kier molecular flexibility index (Phi) is 5.42. The Morgan fingerprint density at radius 2 is 2.17 bits per heavy atom. The van der Waals surface area contributed by atoms with E-state index in [1.165, 1.54) is 19.3 Å². The van der Waals surface area contributed by atoms with Gasteiger partial charge in [0, 0.05) is 12.6 Å². The molecule has 0 atom stereocenters. The molecular formula is C14H22ClN3. The number of pyridine rings is 1. The molecule has 0 amide bonds. The minimum absolute atomic E-state index is 0.592. The Balaban J connectivity index is 2.00. The van der Waals surface area contributed by atoms with Crippen molar-refractivity contribution in [1.29, 1.82) is 0 Å². The summed E-state index contributed by atoms with van der Waals surface area (Å²) >= 11 is 5.95. The van der Waals surface area contributed by atoms with Crippen LogP contribution in [0.2, 0.25) is 5.15 Å². The van der Waals surface area contributed by atoms with Crippen LogP contribution in [0, 0.1) is 0 Å². The predicted octanol–water partition coefficient (Wildman–Crippen LogP) is 2.70. The Hall–Kier alpha value is -0.640. The summed E-state index contributed by atoms with van der Waals surface area (Å²) in [5.41, 5.74) is 1.08. The third-order valence-electron chi connectivity index (χ3n) is 3.47. The molecule has 0 radical (unpaired) electrons. The van der Waals surface area contributed by atoms with Crippen LogP contribution in [-0.2, 0) is 6.54 Å². The molecule has 0 aliphatic carbocycles. The summed E-state index contributed by atoms with van der Waals surface area (Å²) < 4.78 is 0. The Bertz CT molecular complexity index is 364. The number of nitrogens with one attached hydrogen (secondary N) is 1. The molecule has 1 saturated heterocycles. The lowest BCUT2D eigenvalue weighted by Gasteiger charge is -2.34. The van der Waals surface area contributed by atoms with Gasteiger partial charge < -0.3 is 5.32 Å². The van der Waals surface area contributed by atoms with Gasteiger partial charge in [-0.1, -0.05) is 24.6 Å². The van der Waals surface area contributed by atoms with E-state index < -0.39 is 0 Å². The summed E-state index contributed by atoms with van der Waals surface area (Å²) in [6.07, 6.45) is 3.66. The third-order valence-corrected chi connectivity index (χ3v) is 3.68. The Labute approximate surface area is 115 Å². The van der Waals surface area contributed by atoms with E-state index in [4.69, 9.17) is 11.6 Å². The van der Waals surface area contributed by atoms with Crippen LogP contribution in [0.25, 0.3) is 0 Å². The van der Waals surface area contributed by atoms with E-state index in [1.54, 1.807) is 0 Å². The van der Waals surface area contributed by atoms with Gasteiger partial charge in [0.05, 0.1) is 5.69 Å². The number of nitrogens with zero attached hydrogens (tertiary/aromatic N) is 2. The number of piperidine rings is 1. The monoisotopic (exact) mass is 267 g/mol. The van der Waals surface area contributed by atoms with Gasteiger partial charge in [-0.3, -0.25) is 4.90 Å². The van der Waals surface area contributed by atoms with Crippen molar-refractivity contribution in [3.8, 4) is 0 Å². The zero-order valence-corrected chi connectivity index (χ0v) is 11.8. The van der Waals surface area contributed by atoms with Crippen LogP contribution in [-0.4, -0.2) is 35.6 Å². The van der Waals surface area contributed by atoms with Crippen molar-refractivity contribution in [2.24, 2.45) is 0 Å². The van der Waals surface area contributed by atoms with Gasteiger partial charge in [-0.05, 0) is 51.0 Å². The zero-order chi connectivity index (χ0) is 12.8. The number of hydrogen-bond donors (Lipinski definition) is 1. The second-order valence-corrected chi connectivity index (χ2v) is 5.29. The van der Waals surface area contributed by atoms with Gasteiger partial charge in [0.25, 0.3) is 0 Å². The molecule has 1 fully saturated rings. The van der Waals surface area contributed by atoms with Gasteiger partial charge in [-0.25, -0.2) is 4.98 Å². The summed E-state index contributed by atoms with van der Waals surface area (Å²) in [7, 11) is 0. The van der Waals surface area contributed by atoms with Crippen molar-refractivity contribution in [2.45, 2.75) is 38.8 Å². The van der Waals surface area contributed by atoms with E-state index in [-0.39, 0.29) is 0 Å². The summed E-state index contributed by atoms with van der Waals surface area (Å²) in [6.45, 7) is 6.55. The van der Waals surface area contributed by atoms with E-state index in [9.17, 15) is 0 Å². The fraction of sp³-hybridized carbons (Fsp3) is 0.643. The lowest BCUT2D eigenvalue weighted by atomic mass is 10.0. The maximum Gasteiger partial charge on any atom is 0.129 e. The van der Waals surface area contributed by atoms with Gasteiger partial charge in [0.2, 0.25) is 0 Å². The molecule has 2 rings (SSSR count). The highest BCUT2D eigenvalue weighted by atomic mass is 35.5. The van der Waals surface area contributed by atoms with Crippen LogP contribution in [0.4, 0.5) is 0 Å². The number of hydrogen-bond acceptors (Lipinski definition) is 3. The van der Waals surface area contributed by atoms with Crippen LogP contribution >= 0.6 is 11.6 Å². The minimum atomic E-state index is 0.592. The second-order valence-electron chi connectivity index (χ2n) is 4.90. The standard InChI is InChI=1S/C14H22ClN3/c1-2-10-18(13-6-8-16-9-7-13)11-12-4-3-5-14(15)17-12/h3-5,13,16H,2,6-11H2,1H3. The first kappa shape index (κ1) is 13.8. The minimum Gasteiger partial charge on any atom is -0.317 e. The Morgan fingerprint density at radius 3 is 2.83 bits per heavy atom. The molecule has 1 aromatic heterocycles. The van der Waals surface area contributed by atoms with E-state index in [1.807, 2.05) is 12.1 Å². The first-order valence-electron chi connectivity index (χ1n) is 6.86.